The molecule has 2 N–H and O–H groups in total. The van der Waals surface area contributed by atoms with E-state index in [1.54, 1.807) is 0 Å². The molecule has 1 aliphatic rings. The molecule has 1 unspecified atom stereocenters. The average Bonchev–Trinajstić information content (AvgIpc) is 2.62. The SMILES string of the molecule is CN=C(NCCCN1CCCCC1C)NCc1ccnc(N(C)C)c1.I. The minimum Gasteiger partial charge on any atom is -0.363 e. The predicted octanol–water partition coefficient (Wildman–Crippen LogP) is 2.70. The van der Waals surface area contributed by atoms with Crippen molar-refractivity contribution in [3.8, 4) is 0 Å². The molecule has 0 spiro atoms. The zero-order valence-corrected chi connectivity index (χ0v) is 19.0. The van der Waals surface area contributed by atoms with Crippen LogP contribution in [0.5, 0.6) is 0 Å². The Morgan fingerprint density at radius 1 is 1.35 bits per heavy atom. The number of hydrogen-bond acceptors (Lipinski definition) is 4. The van der Waals surface area contributed by atoms with Crippen LogP contribution in [-0.4, -0.2) is 62.7 Å². The van der Waals surface area contributed by atoms with E-state index in [4.69, 9.17) is 0 Å². The minimum atomic E-state index is 0. The van der Waals surface area contributed by atoms with E-state index < -0.39 is 0 Å². The van der Waals surface area contributed by atoms with E-state index >= 15 is 0 Å². The molecular formula is C19H35IN6. The molecule has 0 bridgehead atoms. The van der Waals surface area contributed by atoms with Crippen molar-refractivity contribution in [2.45, 2.75) is 45.2 Å². The van der Waals surface area contributed by atoms with Gasteiger partial charge in [0, 0.05) is 53.0 Å². The van der Waals surface area contributed by atoms with Crippen LogP contribution in [0.15, 0.2) is 23.3 Å². The Kier molecular flexibility index (Phi) is 10.9. The van der Waals surface area contributed by atoms with Gasteiger partial charge in [-0.15, -0.1) is 24.0 Å². The van der Waals surface area contributed by atoms with E-state index in [9.17, 15) is 0 Å². The maximum Gasteiger partial charge on any atom is 0.191 e. The largest absolute Gasteiger partial charge is 0.363 e. The molecule has 1 saturated heterocycles. The molecule has 6 nitrogen and oxygen atoms in total. The average molecular weight is 474 g/mol. The van der Waals surface area contributed by atoms with Crippen molar-refractivity contribution in [3.63, 3.8) is 0 Å². The summed E-state index contributed by atoms with van der Waals surface area (Å²) in [6.45, 7) is 6.46. The van der Waals surface area contributed by atoms with Gasteiger partial charge >= 0.3 is 0 Å². The van der Waals surface area contributed by atoms with Crippen LogP contribution in [0.2, 0.25) is 0 Å². The van der Waals surface area contributed by atoms with E-state index in [0.717, 1.165) is 37.3 Å². The van der Waals surface area contributed by atoms with Crippen molar-refractivity contribution in [3.05, 3.63) is 23.9 Å². The van der Waals surface area contributed by atoms with Gasteiger partial charge in [-0.05, 0) is 50.4 Å². The topological polar surface area (TPSA) is 55.8 Å². The number of aromatic nitrogens is 1. The first kappa shape index (κ1) is 23.0. The summed E-state index contributed by atoms with van der Waals surface area (Å²) in [7, 11) is 5.83. The second kappa shape index (κ2) is 12.3. The third-order valence-electron chi connectivity index (χ3n) is 4.81. The van der Waals surface area contributed by atoms with Crippen molar-refractivity contribution in [2.75, 3.05) is 45.7 Å². The summed E-state index contributed by atoms with van der Waals surface area (Å²) >= 11 is 0. The highest BCUT2D eigenvalue weighted by Gasteiger charge is 2.17. The van der Waals surface area contributed by atoms with Crippen molar-refractivity contribution in [2.24, 2.45) is 4.99 Å². The van der Waals surface area contributed by atoms with Crippen LogP contribution in [0.1, 0.15) is 38.2 Å². The highest BCUT2D eigenvalue weighted by Crippen LogP contribution is 2.16. The first-order chi connectivity index (χ1) is 12.1. The fourth-order valence-corrected chi connectivity index (χ4v) is 3.20. The molecule has 0 saturated carbocycles. The first-order valence-corrected chi connectivity index (χ1v) is 9.41. The van der Waals surface area contributed by atoms with E-state index in [1.807, 2.05) is 38.3 Å². The maximum atomic E-state index is 4.34. The van der Waals surface area contributed by atoms with Crippen molar-refractivity contribution >= 4 is 35.8 Å². The quantitative estimate of drug-likeness (QED) is 0.276. The number of rotatable bonds is 7. The molecule has 0 amide bonds. The molecule has 0 aliphatic carbocycles. The molecule has 26 heavy (non-hydrogen) atoms. The smallest absolute Gasteiger partial charge is 0.191 e. The van der Waals surface area contributed by atoms with Gasteiger partial charge in [0.15, 0.2) is 5.96 Å². The number of nitrogens with zero attached hydrogens (tertiary/aromatic N) is 4. The van der Waals surface area contributed by atoms with Gasteiger partial charge in [-0.1, -0.05) is 6.42 Å². The van der Waals surface area contributed by atoms with Crippen molar-refractivity contribution < 1.29 is 0 Å². The summed E-state index contributed by atoms with van der Waals surface area (Å²) in [6, 6.07) is 4.87. The van der Waals surface area contributed by atoms with Gasteiger partial charge in [-0.2, -0.15) is 0 Å². The standard InChI is InChI=1S/C19H34N6.HI/c1-16-8-5-6-12-25(16)13-7-10-22-19(20-2)23-15-17-9-11-21-18(14-17)24(3)4;/h9,11,14,16H,5-8,10,12-13,15H2,1-4H3,(H2,20,22,23);1H. The van der Waals surface area contributed by atoms with Gasteiger partial charge in [0.25, 0.3) is 0 Å². The van der Waals surface area contributed by atoms with E-state index in [2.05, 4.69) is 38.5 Å². The number of pyridine rings is 1. The number of hydrogen-bond donors (Lipinski definition) is 2. The van der Waals surface area contributed by atoms with Gasteiger partial charge in [0.2, 0.25) is 0 Å². The molecule has 2 heterocycles. The molecule has 7 heteroatoms. The van der Waals surface area contributed by atoms with Gasteiger partial charge in [0.1, 0.15) is 5.82 Å². The van der Waals surface area contributed by atoms with Crippen molar-refractivity contribution in [1.82, 2.24) is 20.5 Å². The van der Waals surface area contributed by atoms with Crippen molar-refractivity contribution in [1.29, 1.82) is 0 Å². The molecule has 1 fully saturated rings. The lowest BCUT2D eigenvalue weighted by atomic mass is 10.0. The lowest BCUT2D eigenvalue weighted by Gasteiger charge is -2.33. The predicted molar refractivity (Wildman–Crippen MR) is 122 cm³/mol. The number of likely N-dealkylation sites (tertiary alicyclic amines) is 1. The van der Waals surface area contributed by atoms with Crippen LogP contribution in [0.25, 0.3) is 0 Å². The highest BCUT2D eigenvalue weighted by molar-refractivity contribution is 14.0. The highest BCUT2D eigenvalue weighted by atomic mass is 127. The Labute approximate surface area is 175 Å². The molecule has 1 aromatic rings. The van der Waals surface area contributed by atoms with Gasteiger partial charge in [-0.3, -0.25) is 4.99 Å². The summed E-state index contributed by atoms with van der Waals surface area (Å²) in [5, 5.41) is 6.80. The lowest BCUT2D eigenvalue weighted by molar-refractivity contribution is 0.159. The summed E-state index contributed by atoms with van der Waals surface area (Å²) in [5.41, 5.74) is 1.20. The monoisotopic (exact) mass is 474 g/mol. The summed E-state index contributed by atoms with van der Waals surface area (Å²) in [4.78, 5) is 13.3. The number of guanidine groups is 1. The Morgan fingerprint density at radius 2 is 2.15 bits per heavy atom. The summed E-state index contributed by atoms with van der Waals surface area (Å²) in [6.07, 6.45) is 7.07. The molecule has 1 aromatic heterocycles. The van der Waals surface area contributed by atoms with Gasteiger partial charge in [0.05, 0.1) is 0 Å². The number of nitrogens with one attached hydrogen (secondary N) is 2. The number of piperidine rings is 1. The Balaban J connectivity index is 0.00000338. The number of anilines is 1. The third kappa shape index (κ3) is 7.65. The zero-order valence-electron chi connectivity index (χ0n) is 16.7. The molecule has 1 aliphatic heterocycles. The molecular weight excluding hydrogens is 439 g/mol. The molecule has 148 valence electrons. The van der Waals surface area contributed by atoms with Crippen LogP contribution in [0.4, 0.5) is 5.82 Å². The number of aliphatic imine (C=N–C) groups is 1. The van der Waals surface area contributed by atoms with Crippen LogP contribution < -0.4 is 15.5 Å². The summed E-state index contributed by atoms with van der Waals surface area (Å²) < 4.78 is 0. The Morgan fingerprint density at radius 3 is 2.85 bits per heavy atom. The van der Waals surface area contributed by atoms with E-state index in [0.29, 0.717) is 0 Å². The van der Waals surface area contributed by atoms with Gasteiger partial charge < -0.3 is 20.4 Å². The molecule has 2 rings (SSSR count). The van der Waals surface area contributed by atoms with Crippen LogP contribution in [-0.2, 0) is 6.54 Å². The summed E-state index contributed by atoms with van der Waals surface area (Å²) in [5.74, 6) is 1.83. The van der Waals surface area contributed by atoms with Crippen LogP contribution in [0.3, 0.4) is 0 Å². The molecule has 0 aromatic carbocycles. The number of halogens is 1. The maximum absolute atomic E-state index is 4.34. The van der Waals surface area contributed by atoms with E-state index in [-0.39, 0.29) is 24.0 Å². The fraction of sp³-hybridized carbons (Fsp3) is 0.684. The zero-order chi connectivity index (χ0) is 18.1. The van der Waals surface area contributed by atoms with Gasteiger partial charge in [-0.25, -0.2) is 4.98 Å². The third-order valence-corrected chi connectivity index (χ3v) is 4.81. The minimum absolute atomic E-state index is 0. The molecule has 0 radical (unpaired) electrons. The van der Waals surface area contributed by atoms with E-state index in [1.165, 1.54) is 37.9 Å². The Bertz CT molecular complexity index is 549. The second-order valence-electron chi connectivity index (χ2n) is 7.00. The fourth-order valence-electron chi connectivity index (χ4n) is 3.20. The van der Waals surface area contributed by atoms with Crippen LogP contribution in [0, 0.1) is 0 Å². The first-order valence-electron chi connectivity index (χ1n) is 9.41. The Hall–Kier alpha value is -1.09. The van der Waals surface area contributed by atoms with Crippen LogP contribution >= 0.6 is 24.0 Å². The molecule has 1 atom stereocenters. The lowest BCUT2D eigenvalue weighted by Crippen LogP contribution is -2.41. The second-order valence-corrected chi connectivity index (χ2v) is 7.00. The normalized spacial score (nSPS) is 18.2.